The molecule has 3 heterocycles. The summed E-state index contributed by atoms with van der Waals surface area (Å²) in [5, 5.41) is 11.1. The van der Waals surface area contributed by atoms with Crippen molar-refractivity contribution in [3.8, 4) is 11.7 Å². The van der Waals surface area contributed by atoms with Crippen LogP contribution in [0.15, 0.2) is 56.7 Å². The number of nitrogens with one attached hydrogen (secondary N) is 1. The summed E-state index contributed by atoms with van der Waals surface area (Å²) in [6, 6.07) is 11.2. The Kier molecular flexibility index (Phi) is 5.40. The van der Waals surface area contributed by atoms with Crippen LogP contribution >= 0.6 is 11.8 Å². The van der Waals surface area contributed by atoms with Gasteiger partial charge in [0.05, 0.1) is 36.6 Å². The number of furan rings is 1. The van der Waals surface area contributed by atoms with E-state index in [9.17, 15) is 4.79 Å². The minimum atomic E-state index is -0.140. The highest BCUT2D eigenvalue weighted by Crippen LogP contribution is 2.27. The Balaban J connectivity index is 1.36. The van der Waals surface area contributed by atoms with Crippen molar-refractivity contribution in [2.24, 2.45) is 0 Å². The van der Waals surface area contributed by atoms with E-state index < -0.39 is 0 Å². The molecule has 3 aromatic rings. The van der Waals surface area contributed by atoms with Crippen LogP contribution in [0.25, 0.3) is 11.7 Å². The quantitative estimate of drug-likeness (QED) is 0.647. The summed E-state index contributed by atoms with van der Waals surface area (Å²) in [6.07, 6.45) is 1.53. The first kappa shape index (κ1) is 17.6. The van der Waals surface area contributed by atoms with Crippen LogP contribution in [-0.4, -0.2) is 48.2 Å². The predicted molar refractivity (Wildman–Crippen MR) is 101 cm³/mol. The number of nitrogens with zero attached hydrogens (tertiary/aromatic N) is 3. The first-order valence-corrected chi connectivity index (χ1v) is 9.50. The first-order chi connectivity index (χ1) is 13.3. The fraction of sp³-hybridized carbons (Fsp3) is 0.278. The molecule has 8 nitrogen and oxygen atoms in total. The summed E-state index contributed by atoms with van der Waals surface area (Å²) in [5.41, 5.74) is 1.78. The molecule has 0 spiro atoms. The highest BCUT2D eigenvalue weighted by atomic mass is 32.2. The predicted octanol–water partition coefficient (Wildman–Crippen LogP) is 2.90. The molecule has 1 amide bonds. The van der Waals surface area contributed by atoms with Gasteiger partial charge in [-0.25, -0.2) is 0 Å². The Morgan fingerprint density at radius 2 is 2.00 bits per heavy atom. The molecule has 1 aromatic carbocycles. The number of para-hydroxylation sites is 2. The molecule has 1 aliphatic rings. The molecule has 0 saturated carbocycles. The van der Waals surface area contributed by atoms with E-state index in [1.807, 2.05) is 24.3 Å². The summed E-state index contributed by atoms with van der Waals surface area (Å²) >= 11 is 1.18. The fourth-order valence-electron chi connectivity index (χ4n) is 2.74. The van der Waals surface area contributed by atoms with Gasteiger partial charge in [-0.1, -0.05) is 23.9 Å². The molecule has 4 rings (SSSR count). The summed E-state index contributed by atoms with van der Waals surface area (Å²) in [5.74, 6) is 0.814. The maximum absolute atomic E-state index is 12.4. The van der Waals surface area contributed by atoms with Crippen molar-refractivity contribution in [3.63, 3.8) is 0 Å². The van der Waals surface area contributed by atoms with Gasteiger partial charge in [0.2, 0.25) is 5.91 Å². The molecule has 0 radical (unpaired) electrons. The zero-order valence-corrected chi connectivity index (χ0v) is 15.3. The standard InChI is InChI=1S/C18H18N4O4S/c23-16(12-27-18-21-20-17(26-18)15-6-3-9-25-15)19-13-4-1-2-5-14(13)22-7-10-24-11-8-22/h1-6,9H,7-8,10-12H2,(H,19,23). The molecular weight excluding hydrogens is 368 g/mol. The third kappa shape index (κ3) is 4.32. The van der Waals surface area contributed by atoms with Crippen LogP contribution < -0.4 is 10.2 Å². The van der Waals surface area contributed by atoms with Crippen LogP contribution in [0, 0.1) is 0 Å². The van der Waals surface area contributed by atoms with Gasteiger partial charge in [-0.3, -0.25) is 4.79 Å². The molecule has 0 atom stereocenters. The van der Waals surface area contributed by atoms with Crippen LogP contribution in [0.5, 0.6) is 0 Å². The van der Waals surface area contributed by atoms with Crippen molar-refractivity contribution in [3.05, 3.63) is 42.7 Å². The Morgan fingerprint density at radius 3 is 2.81 bits per heavy atom. The van der Waals surface area contributed by atoms with Crippen molar-refractivity contribution in [2.45, 2.75) is 5.22 Å². The van der Waals surface area contributed by atoms with Crippen LogP contribution in [0.2, 0.25) is 0 Å². The largest absolute Gasteiger partial charge is 0.459 e. The van der Waals surface area contributed by atoms with E-state index in [-0.39, 0.29) is 11.7 Å². The number of rotatable bonds is 6. The molecular formula is C18H18N4O4S. The molecule has 1 aliphatic heterocycles. The fourth-order valence-corrected chi connectivity index (χ4v) is 3.30. The minimum absolute atomic E-state index is 0.140. The topological polar surface area (TPSA) is 93.6 Å². The zero-order chi connectivity index (χ0) is 18.5. The number of aromatic nitrogens is 2. The molecule has 1 fully saturated rings. The third-order valence-corrected chi connectivity index (χ3v) is 4.81. The van der Waals surface area contributed by atoms with Crippen molar-refractivity contribution >= 4 is 29.0 Å². The number of thioether (sulfide) groups is 1. The second-order valence-corrected chi connectivity index (χ2v) is 6.73. The van der Waals surface area contributed by atoms with Gasteiger partial charge in [0, 0.05) is 13.1 Å². The van der Waals surface area contributed by atoms with Crippen LogP contribution in [0.1, 0.15) is 0 Å². The highest BCUT2D eigenvalue weighted by Gasteiger charge is 2.17. The number of carbonyl (C=O) groups is 1. The maximum Gasteiger partial charge on any atom is 0.284 e. The molecule has 140 valence electrons. The van der Waals surface area contributed by atoms with Gasteiger partial charge in [0.25, 0.3) is 11.1 Å². The van der Waals surface area contributed by atoms with Gasteiger partial charge in [-0.2, -0.15) is 0 Å². The number of anilines is 2. The van der Waals surface area contributed by atoms with E-state index in [0.29, 0.717) is 30.1 Å². The van der Waals surface area contributed by atoms with Gasteiger partial charge >= 0.3 is 0 Å². The lowest BCUT2D eigenvalue weighted by Crippen LogP contribution is -2.36. The number of morpholine rings is 1. The van der Waals surface area contributed by atoms with Gasteiger partial charge in [-0.05, 0) is 24.3 Å². The molecule has 2 aromatic heterocycles. The zero-order valence-electron chi connectivity index (χ0n) is 14.5. The summed E-state index contributed by atoms with van der Waals surface area (Å²) < 4.78 is 16.1. The summed E-state index contributed by atoms with van der Waals surface area (Å²) in [6.45, 7) is 2.99. The number of benzene rings is 1. The van der Waals surface area contributed by atoms with E-state index in [4.69, 9.17) is 13.6 Å². The number of hydrogen-bond donors (Lipinski definition) is 1. The molecule has 27 heavy (non-hydrogen) atoms. The number of hydrogen-bond acceptors (Lipinski definition) is 8. The van der Waals surface area contributed by atoms with Crippen LogP contribution in [0.3, 0.4) is 0 Å². The lowest BCUT2D eigenvalue weighted by atomic mass is 10.2. The maximum atomic E-state index is 12.4. The SMILES string of the molecule is O=C(CSc1nnc(-c2ccco2)o1)Nc1ccccc1N1CCOCC1. The first-order valence-electron chi connectivity index (χ1n) is 8.51. The minimum Gasteiger partial charge on any atom is -0.459 e. The summed E-state index contributed by atoms with van der Waals surface area (Å²) in [7, 11) is 0. The van der Waals surface area contributed by atoms with Gasteiger partial charge in [-0.15, -0.1) is 10.2 Å². The average Bonchev–Trinajstić information content (AvgIpc) is 3.39. The van der Waals surface area contributed by atoms with E-state index in [0.717, 1.165) is 24.5 Å². The van der Waals surface area contributed by atoms with Crippen LogP contribution in [0.4, 0.5) is 11.4 Å². The Labute approximate surface area is 159 Å². The normalized spacial score (nSPS) is 14.3. The molecule has 9 heteroatoms. The molecule has 1 N–H and O–H groups in total. The van der Waals surface area contributed by atoms with Gasteiger partial charge in [0.15, 0.2) is 5.76 Å². The van der Waals surface area contributed by atoms with E-state index in [1.165, 1.54) is 18.0 Å². The second-order valence-electron chi connectivity index (χ2n) is 5.80. The van der Waals surface area contributed by atoms with Crippen molar-refractivity contribution in [2.75, 3.05) is 42.3 Å². The number of ether oxygens (including phenoxy) is 1. The highest BCUT2D eigenvalue weighted by molar-refractivity contribution is 7.99. The average molecular weight is 386 g/mol. The lowest BCUT2D eigenvalue weighted by Gasteiger charge is -2.30. The monoisotopic (exact) mass is 386 g/mol. The van der Waals surface area contributed by atoms with Gasteiger partial charge < -0.3 is 23.8 Å². The van der Waals surface area contributed by atoms with E-state index in [1.54, 1.807) is 12.1 Å². The van der Waals surface area contributed by atoms with E-state index >= 15 is 0 Å². The molecule has 0 unspecified atom stereocenters. The number of carbonyl (C=O) groups excluding carboxylic acids is 1. The molecule has 0 aliphatic carbocycles. The Hall–Kier alpha value is -2.78. The summed E-state index contributed by atoms with van der Waals surface area (Å²) in [4.78, 5) is 14.6. The molecule has 1 saturated heterocycles. The van der Waals surface area contributed by atoms with Crippen LogP contribution in [-0.2, 0) is 9.53 Å². The number of amides is 1. The van der Waals surface area contributed by atoms with Gasteiger partial charge in [0.1, 0.15) is 0 Å². The Morgan fingerprint density at radius 1 is 1.15 bits per heavy atom. The second kappa shape index (κ2) is 8.28. The Bertz CT molecular complexity index is 890. The van der Waals surface area contributed by atoms with Crippen molar-refractivity contribution in [1.29, 1.82) is 0 Å². The van der Waals surface area contributed by atoms with E-state index in [2.05, 4.69) is 20.4 Å². The van der Waals surface area contributed by atoms with Crippen molar-refractivity contribution in [1.82, 2.24) is 10.2 Å². The smallest absolute Gasteiger partial charge is 0.284 e. The van der Waals surface area contributed by atoms with Crippen molar-refractivity contribution < 1.29 is 18.4 Å². The lowest BCUT2D eigenvalue weighted by molar-refractivity contribution is -0.113. The molecule has 0 bridgehead atoms. The third-order valence-electron chi connectivity index (χ3n) is 4.00.